The molecular weight excluding hydrogens is 431 g/mol. The van der Waals surface area contributed by atoms with E-state index in [2.05, 4.69) is 10.6 Å². The third-order valence-electron chi connectivity index (χ3n) is 4.69. The lowest BCUT2D eigenvalue weighted by atomic mass is 10.1. The van der Waals surface area contributed by atoms with Gasteiger partial charge >= 0.3 is 0 Å². The molecule has 6 nitrogen and oxygen atoms in total. The van der Waals surface area contributed by atoms with E-state index < -0.39 is 17.9 Å². The van der Waals surface area contributed by atoms with E-state index in [1.165, 1.54) is 43.8 Å². The van der Waals surface area contributed by atoms with Gasteiger partial charge in [0.15, 0.2) is 11.5 Å². The molecule has 1 atom stereocenters. The molecule has 8 heteroatoms. The van der Waals surface area contributed by atoms with Gasteiger partial charge in [-0.15, -0.1) is 11.3 Å². The molecule has 3 rings (SSSR count). The van der Waals surface area contributed by atoms with Crippen LogP contribution >= 0.6 is 11.3 Å². The second-order valence-electron chi connectivity index (χ2n) is 6.84. The summed E-state index contributed by atoms with van der Waals surface area (Å²) < 4.78 is 23.6. The summed E-state index contributed by atoms with van der Waals surface area (Å²) in [4.78, 5) is 26.7. The van der Waals surface area contributed by atoms with Crippen molar-refractivity contribution in [1.29, 1.82) is 0 Å². The standard InChI is InChI=1S/C24H23FN2O4S/c1-15(16-6-9-18(25)10-7-16)26-24(29)20(14-19-5-4-12-32-19)27-23(28)17-8-11-21(30-2)22(13-17)31-3/h4-15H,1-3H3,(H,26,29)(H,27,28)/b20-14-/t15-/m0/s1. The van der Waals surface area contributed by atoms with E-state index in [0.717, 1.165) is 10.4 Å². The third-order valence-corrected chi connectivity index (χ3v) is 5.51. The van der Waals surface area contributed by atoms with Crippen LogP contribution in [-0.4, -0.2) is 26.0 Å². The Hall–Kier alpha value is -3.65. The molecule has 166 valence electrons. The van der Waals surface area contributed by atoms with Crippen LogP contribution < -0.4 is 20.1 Å². The summed E-state index contributed by atoms with van der Waals surface area (Å²) in [5, 5.41) is 7.40. The van der Waals surface area contributed by atoms with Gasteiger partial charge in [0.25, 0.3) is 11.8 Å². The molecule has 0 aliphatic heterocycles. The summed E-state index contributed by atoms with van der Waals surface area (Å²) >= 11 is 1.43. The van der Waals surface area contributed by atoms with Gasteiger partial charge in [-0.3, -0.25) is 9.59 Å². The van der Waals surface area contributed by atoms with Gasteiger partial charge in [0.05, 0.1) is 20.3 Å². The molecular formula is C24H23FN2O4S. The van der Waals surface area contributed by atoms with Crippen molar-refractivity contribution in [2.75, 3.05) is 14.2 Å². The van der Waals surface area contributed by atoms with E-state index in [-0.39, 0.29) is 11.5 Å². The van der Waals surface area contributed by atoms with Gasteiger partial charge in [-0.25, -0.2) is 4.39 Å². The Balaban J connectivity index is 1.82. The molecule has 0 unspecified atom stereocenters. The number of halogens is 1. The maximum absolute atomic E-state index is 13.2. The maximum Gasteiger partial charge on any atom is 0.268 e. The molecule has 0 bridgehead atoms. The lowest BCUT2D eigenvalue weighted by Crippen LogP contribution is -2.36. The SMILES string of the molecule is COc1ccc(C(=O)N/C(=C\c2cccs2)C(=O)N[C@@H](C)c2ccc(F)cc2)cc1OC. The molecule has 0 saturated carbocycles. The molecule has 0 spiro atoms. The number of hydrogen-bond donors (Lipinski definition) is 2. The van der Waals surface area contributed by atoms with Gasteiger partial charge in [0, 0.05) is 10.4 Å². The van der Waals surface area contributed by atoms with Crippen molar-refractivity contribution in [2.45, 2.75) is 13.0 Å². The maximum atomic E-state index is 13.2. The van der Waals surface area contributed by atoms with Crippen molar-refractivity contribution in [2.24, 2.45) is 0 Å². The number of nitrogens with one attached hydrogen (secondary N) is 2. The minimum atomic E-state index is -0.474. The molecule has 0 fully saturated rings. The number of amides is 2. The van der Waals surface area contributed by atoms with Gasteiger partial charge in [0.2, 0.25) is 0 Å². The summed E-state index contributed by atoms with van der Waals surface area (Å²) in [6.45, 7) is 1.78. The molecule has 2 N–H and O–H groups in total. The van der Waals surface area contributed by atoms with Crippen molar-refractivity contribution < 1.29 is 23.5 Å². The Morgan fingerprint density at radius 1 is 1.03 bits per heavy atom. The zero-order valence-corrected chi connectivity index (χ0v) is 18.7. The number of benzene rings is 2. The zero-order valence-electron chi connectivity index (χ0n) is 17.8. The quantitative estimate of drug-likeness (QED) is 0.490. The van der Waals surface area contributed by atoms with Crippen LogP contribution in [0.4, 0.5) is 4.39 Å². The minimum Gasteiger partial charge on any atom is -0.493 e. The molecule has 2 aromatic carbocycles. The molecule has 1 heterocycles. The van der Waals surface area contributed by atoms with Crippen LogP contribution in [-0.2, 0) is 4.79 Å². The first kappa shape index (κ1) is 23.0. The summed E-state index contributed by atoms with van der Waals surface area (Å²) in [6, 6.07) is 13.9. The highest BCUT2D eigenvalue weighted by Crippen LogP contribution is 2.27. The number of methoxy groups -OCH3 is 2. The molecule has 0 aliphatic carbocycles. The second-order valence-corrected chi connectivity index (χ2v) is 7.82. The minimum absolute atomic E-state index is 0.0844. The molecule has 2 amide bonds. The fourth-order valence-corrected chi connectivity index (χ4v) is 3.61. The summed E-state index contributed by atoms with van der Waals surface area (Å²) in [7, 11) is 2.98. The molecule has 1 aromatic heterocycles. The van der Waals surface area contributed by atoms with E-state index in [0.29, 0.717) is 17.1 Å². The average molecular weight is 455 g/mol. The highest BCUT2D eigenvalue weighted by atomic mass is 32.1. The van der Waals surface area contributed by atoms with Crippen LogP contribution in [0, 0.1) is 5.82 Å². The number of carbonyl (C=O) groups excluding carboxylic acids is 2. The molecule has 32 heavy (non-hydrogen) atoms. The number of ether oxygens (including phenoxy) is 2. The number of hydrogen-bond acceptors (Lipinski definition) is 5. The van der Waals surface area contributed by atoms with Gasteiger partial charge in [-0.05, 0) is 60.3 Å². The number of rotatable bonds is 8. The molecule has 0 aliphatic rings. The Morgan fingerprint density at radius 3 is 2.38 bits per heavy atom. The monoisotopic (exact) mass is 454 g/mol. The van der Waals surface area contributed by atoms with E-state index >= 15 is 0 Å². The largest absolute Gasteiger partial charge is 0.493 e. The Labute approximate surface area is 189 Å². The van der Waals surface area contributed by atoms with Crippen molar-refractivity contribution in [3.8, 4) is 11.5 Å². The van der Waals surface area contributed by atoms with Gasteiger partial charge in [-0.2, -0.15) is 0 Å². The third kappa shape index (κ3) is 5.73. The Kier molecular flexibility index (Phi) is 7.62. The fraction of sp³-hybridized carbons (Fsp3) is 0.167. The van der Waals surface area contributed by atoms with Crippen molar-refractivity contribution >= 4 is 29.2 Å². The predicted molar refractivity (Wildman–Crippen MR) is 122 cm³/mol. The first-order valence-corrected chi connectivity index (χ1v) is 10.6. The molecule has 0 radical (unpaired) electrons. The highest BCUT2D eigenvalue weighted by Gasteiger charge is 2.19. The summed E-state index contributed by atoms with van der Waals surface area (Å²) in [5.74, 6) is -0.405. The summed E-state index contributed by atoms with van der Waals surface area (Å²) in [6.07, 6.45) is 1.61. The highest BCUT2D eigenvalue weighted by molar-refractivity contribution is 7.10. The first-order valence-electron chi connectivity index (χ1n) is 9.76. The van der Waals surface area contributed by atoms with Crippen molar-refractivity contribution in [3.05, 3.63) is 87.5 Å². The van der Waals surface area contributed by atoms with Gasteiger partial charge < -0.3 is 20.1 Å². The van der Waals surface area contributed by atoms with Gasteiger partial charge in [-0.1, -0.05) is 18.2 Å². The van der Waals surface area contributed by atoms with Crippen LogP contribution in [0.3, 0.4) is 0 Å². The molecule has 3 aromatic rings. The summed E-state index contributed by atoms with van der Waals surface area (Å²) in [5.41, 5.74) is 1.13. The molecule has 0 saturated heterocycles. The second kappa shape index (κ2) is 10.6. The fourth-order valence-electron chi connectivity index (χ4n) is 2.96. The topological polar surface area (TPSA) is 76.7 Å². The Morgan fingerprint density at radius 2 is 1.75 bits per heavy atom. The van der Waals surface area contributed by atoms with Crippen molar-refractivity contribution in [1.82, 2.24) is 10.6 Å². The van der Waals surface area contributed by atoms with Crippen LogP contribution in [0.1, 0.15) is 33.8 Å². The van der Waals surface area contributed by atoms with Crippen LogP contribution in [0.15, 0.2) is 65.7 Å². The lowest BCUT2D eigenvalue weighted by molar-refractivity contribution is -0.118. The predicted octanol–water partition coefficient (Wildman–Crippen LogP) is 4.55. The first-order chi connectivity index (χ1) is 15.4. The number of thiophene rings is 1. The number of carbonyl (C=O) groups is 2. The van der Waals surface area contributed by atoms with Crippen LogP contribution in [0.25, 0.3) is 6.08 Å². The lowest BCUT2D eigenvalue weighted by Gasteiger charge is -2.17. The average Bonchev–Trinajstić information content (AvgIpc) is 3.31. The van der Waals surface area contributed by atoms with Gasteiger partial charge in [0.1, 0.15) is 11.5 Å². The normalized spacial score (nSPS) is 12.1. The smallest absolute Gasteiger partial charge is 0.268 e. The van der Waals surface area contributed by atoms with E-state index in [1.807, 2.05) is 17.5 Å². The van der Waals surface area contributed by atoms with E-state index in [4.69, 9.17) is 9.47 Å². The van der Waals surface area contributed by atoms with Crippen LogP contribution in [0.2, 0.25) is 0 Å². The zero-order chi connectivity index (χ0) is 23.1. The van der Waals surface area contributed by atoms with E-state index in [9.17, 15) is 14.0 Å². The Bertz CT molecular complexity index is 1110. The van der Waals surface area contributed by atoms with Crippen molar-refractivity contribution in [3.63, 3.8) is 0 Å². The van der Waals surface area contributed by atoms with E-state index in [1.54, 1.807) is 37.3 Å². The van der Waals surface area contributed by atoms with Crippen LogP contribution in [0.5, 0.6) is 11.5 Å².